The molecule has 11 heteroatoms. The number of hydrogen-bond acceptors (Lipinski definition) is 5. The number of imidazole rings is 1. The van der Waals surface area contributed by atoms with Crippen molar-refractivity contribution in [1.29, 1.82) is 0 Å². The minimum absolute atomic E-state index is 0.0859. The van der Waals surface area contributed by atoms with Crippen LogP contribution in [0.25, 0.3) is 0 Å². The van der Waals surface area contributed by atoms with Gasteiger partial charge >= 0.3 is 13.7 Å². The molecule has 0 saturated carbocycles. The molecule has 24 heavy (non-hydrogen) atoms. The minimum Gasteiger partial charge on any atom is -0.443 e. The Morgan fingerprint density at radius 3 is 2.58 bits per heavy atom. The van der Waals surface area contributed by atoms with Gasteiger partial charge in [-0.1, -0.05) is 0 Å². The van der Waals surface area contributed by atoms with Crippen molar-refractivity contribution >= 4 is 25.5 Å². The Labute approximate surface area is 138 Å². The largest absolute Gasteiger partial charge is 0.443 e. The Kier molecular flexibility index (Phi) is 4.76. The van der Waals surface area contributed by atoms with E-state index < -0.39 is 37.4 Å². The molecule has 0 bridgehead atoms. The number of carbonyl (C=O) groups is 2. The van der Waals surface area contributed by atoms with Crippen molar-refractivity contribution in [3.8, 4) is 0 Å². The zero-order chi connectivity index (χ0) is 18.3. The summed E-state index contributed by atoms with van der Waals surface area (Å²) in [6, 6.07) is -0.597. The predicted molar refractivity (Wildman–Crippen MR) is 84.9 cm³/mol. The van der Waals surface area contributed by atoms with Crippen LogP contribution in [0.2, 0.25) is 0 Å². The number of rotatable bonds is 3. The summed E-state index contributed by atoms with van der Waals surface area (Å²) in [4.78, 5) is 47.4. The van der Waals surface area contributed by atoms with E-state index in [-0.39, 0.29) is 24.6 Å². The first-order valence-electron chi connectivity index (χ1n) is 7.31. The van der Waals surface area contributed by atoms with Crippen LogP contribution >= 0.6 is 7.60 Å². The van der Waals surface area contributed by atoms with Crippen LogP contribution in [-0.4, -0.2) is 49.6 Å². The lowest BCUT2D eigenvalue weighted by Gasteiger charge is -2.34. The molecule has 1 aromatic heterocycles. The van der Waals surface area contributed by atoms with Crippen molar-refractivity contribution in [3.63, 3.8) is 0 Å². The molecule has 0 saturated heterocycles. The summed E-state index contributed by atoms with van der Waals surface area (Å²) in [5.41, 5.74) is 4.41. The number of nitrogens with two attached hydrogens (primary N) is 1. The maximum absolute atomic E-state index is 12.3. The molecule has 4 N–H and O–H groups in total. The molecule has 2 amide bonds. The SMILES string of the molecule is CC(C)(C)OC(=O)N1CC[C@H](CP(=O)(O)O)n2cc(C(N)=O)nc21. The molecule has 1 atom stereocenters. The van der Waals surface area contributed by atoms with E-state index in [1.54, 1.807) is 20.8 Å². The van der Waals surface area contributed by atoms with E-state index >= 15 is 0 Å². The maximum Gasteiger partial charge on any atom is 0.417 e. The van der Waals surface area contributed by atoms with Crippen molar-refractivity contribution in [2.45, 2.75) is 38.8 Å². The molecule has 1 aromatic rings. The Balaban J connectivity index is 2.38. The zero-order valence-corrected chi connectivity index (χ0v) is 14.6. The number of fused-ring (bicyclic) bond motifs is 1. The van der Waals surface area contributed by atoms with Crippen LogP contribution in [0.5, 0.6) is 0 Å². The first kappa shape index (κ1) is 18.4. The molecular formula is C13H21N4O6P. The summed E-state index contributed by atoms with van der Waals surface area (Å²) in [7, 11) is -4.28. The summed E-state index contributed by atoms with van der Waals surface area (Å²) in [6.45, 7) is 5.31. The Morgan fingerprint density at radius 1 is 1.46 bits per heavy atom. The van der Waals surface area contributed by atoms with Crippen molar-refractivity contribution in [3.05, 3.63) is 11.9 Å². The number of hydrogen-bond donors (Lipinski definition) is 3. The molecule has 1 aliphatic rings. The van der Waals surface area contributed by atoms with Gasteiger partial charge in [0.1, 0.15) is 11.3 Å². The van der Waals surface area contributed by atoms with E-state index in [1.807, 2.05) is 0 Å². The van der Waals surface area contributed by atoms with Gasteiger partial charge in [0.2, 0.25) is 5.95 Å². The molecule has 2 rings (SSSR count). The average molecular weight is 360 g/mol. The first-order valence-corrected chi connectivity index (χ1v) is 9.11. The van der Waals surface area contributed by atoms with Crippen molar-refractivity contribution in [1.82, 2.24) is 9.55 Å². The molecule has 0 aromatic carbocycles. The van der Waals surface area contributed by atoms with Gasteiger partial charge in [-0.25, -0.2) is 14.7 Å². The van der Waals surface area contributed by atoms with Crippen LogP contribution in [-0.2, 0) is 9.30 Å². The molecule has 2 heterocycles. The van der Waals surface area contributed by atoms with E-state index in [0.29, 0.717) is 0 Å². The van der Waals surface area contributed by atoms with E-state index in [0.717, 1.165) is 0 Å². The van der Waals surface area contributed by atoms with E-state index in [1.165, 1.54) is 15.7 Å². The van der Waals surface area contributed by atoms with E-state index in [4.69, 9.17) is 10.5 Å². The van der Waals surface area contributed by atoms with Gasteiger partial charge in [-0.05, 0) is 27.2 Å². The quantitative estimate of drug-likeness (QED) is 0.677. The number of primary amides is 1. The monoisotopic (exact) mass is 360 g/mol. The van der Waals surface area contributed by atoms with Gasteiger partial charge in [-0.2, -0.15) is 0 Å². The highest BCUT2D eigenvalue weighted by atomic mass is 31.2. The average Bonchev–Trinajstić information content (AvgIpc) is 2.80. The standard InChI is InChI=1S/C13H21N4O6P/c1-13(2,3)23-12(19)16-5-4-8(7-24(20,21)22)17-6-9(10(14)18)15-11(16)17/h6,8H,4-5,7H2,1-3H3,(H2,14,18)(H2,20,21,22)/t8-/m1/s1. The van der Waals surface area contributed by atoms with Crippen molar-refractivity contribution in [2.24, 2.45) is 5.73 Å². The molecule has 134 valence electrons. The van der Waals surface area contributed by atoms with Crippen LogP contribution in [0.4, 0.5) is 10.7 Å². The number of ether oxygens (including phenoxy) is 1. The highest BCUT2D eigenvalue weighted by molar-refractivity contribution is 7.51. The van der Waals surface area contributed by atoms with Gasteiger partial charge in [0, 0.05) is 18.8 Å². The number of carbonyl (C=O) groups excluding carboxylic acids is 2. The fourth-order valence-corrected chi connectivity index (χ4v) is 3.34. The number of amides is 2. The Bertz CT molecular complexity index is 704. The maximum atomic E-state index is 12.3. The third-order valence-corrected chi connectivity index (χ3v) is 4.25. The molecule has 0 spiro atoms. The van der Waals surface area contributed by atoms with Gasteiger partial charge in [-0.3, -0.25) is 9.36 Å². The fraction of sp³-hybridized carbons (Fsp3) is 0.615. The molecular weight excluding hydrogens is 339 g/mol. The summed E-state index contributed by atoms with van der Waals surface area (Å²) in [5.74, 6) is -0.710. The summed E-state index contributed by atoms with van der Waals surface area (Å²) >= 11 is 0. The van der Waals surface area contributed by atoms with Crippen LogP contribution in [0, 0.1) is 0 Å². The number of aromatic nitrogens is 2. The predicted octanol–water partition coefficient (Wildman–Crippen LogP) is 0.846. The van der Waals surface area contributed by atoms with Gasteiger partial charge in [-0.15, -0.1) is 0 Å². The Hall–Kier alpha value is -1.90. The van der Waals surface area contributed by atoms with Crippen LogP contribution < -0.4 is 10.6 Å². The molecule has 1 aliphatic heterocycles. The van der Waals surface area contributed by atoms with E-state index in [2.05, 4.69) is 4.98 Å². The normalized spacial score (nSPS) is 18.2. The first-order chi connectivity index (χ1) is 10.9. The van der Waals surface area contributed by atoms with Crippen molar-refractivity contribution in [2.75, 3.05) is 17.6 Å². The third-order valence-electron chi connectivity index (χ3n) is 3.35. The highest BCUT2D eigenvalue weighted by Crippen LogP contribution is 2.42. The molecule has 0 unspecified atom stereocenters. The summed E-state index contributed by atoms with van der Waals surface area (Å²) < 4.78 is 18.0. The second kappa shape index (κ2) is 6.19. The number of anilines is 1. The van der Waals surface area contributed by atoms with Gasteiger partial charge in [0.25, 0.3) is 5.91 Å². The van der Waals surface area contributed by atoms with Gasteiger partial charge in [0.05, 0.1) is 6.16 Å². The molecule has 10 nitrogen and oxygen atoms in total. The molecule has 0 fully saturated rings. The van der Waals surface area contributed by atoms with E-state index in [9.17, 15) is 23.9 Å². The van der Waals surface area contributed by atoms with Gasteiger partial charge < -0.3 is 24.8 Å². The molecule has 0 aliphatic carbocycles. The highest BCUT2D eigenvalue weighted by Gasteiger charge is 2.36. The van der Waals surface area contributed by atoms with Gasteiger partial charge in [0.15, 0.2) is 0 Å². The fourth-order valence-electron chi connectivity index (χ4n) is 2.43. The second-order valence-corrected chi connectivity index (χ2v) is 8.31. The minimum atomic E-state index is -4.28. The lowest BCUT2D eigenvalue weighted by Crippen LogP contribution is -2.43. The van der Waals surface area contributed by atoms with Crippen molar-refractivity contribution < 1.29 is 28.7 Å². The summed E-state index contributed by atoms with van der Waals surface area (Å²) in [5, 5.41) is 0. The van der Waals surface area contributed by atoms with Crippen LogP contribution in [0.3, 0.4) is 0 Å². The smallest absolute Gasteiger partial charge is 0.417 e. The lowest BCUT2D eigenvalue weighted by molar-refractivity contribution is 0.0569. The Morgan fingerprint density at radius 2 is 2.08 bits per heavy atom. The third kappa shape index (κ3) is 4.34. The topological polar surface area (TPSA) is 148 Å². The number of nitrogens with zero attached hydrogens (tertiary/aromatic N) is 3. The second-order valence-electron chi connectivity index (χ2n) is 6.62. The lowest BCUT2D eigenvalue weighted by atomic mass is 10.2. The zero-order valence-electron chi connectivity index (χ0n) is 13.7. The summed E-state index contributed by atoms with van der Waals surface area (Å²) in [6.07, 6.45) is 0.511. The van der Waals surface area contributed by atoms with Crippen LogP contribution in [0.15, 0.2) is 6.20 Å². The molecule has 0 radical (unpaired) electrons. The van der Waals surface area contributed by atoms with Crippen LogP contribution in [0.1, 0.15) is 43.7 Å².